The second kappa shape index (κ2) is 7.32. The Hall–Kier alpha value is -1.59. The van der Waals surface area contributed by atoms with Gasteiger partial charge in [-0.15, -0.1) is 0 Å². The first-order valence-corrected chi connectivity index (χ1v) is 8.62. The highest BCUT2D eigenvalue weighted by Gasteiger charge is 2.32. The van der Waals surface area contributed by atoms with Gasteiger partial charge in [0.1, 0.15) is 0 Å². The number of rotatable bonds is 3. The normalized spacial score (nSPS) is 28.8. The van der Waals surface area contributed by atoms with E-state index in [0.29, 0.717) is 6.04 Å². The number of ether oxygens (including phenoxy) is 1. The molecule has 2 saturated heterocycles. The quantitative estimate of drug-likeness (QED) is 0.932. The molecule has 2 amide bonds. The Bertz CT molecular complexity index is 512. The van der Waals surface area contributed by atoms with Crippen LogP contribution in [0.15, 0.2) is 30.3 Å². The Morgan fingerprint density at radius 1 is 1.22 bits per heavy atom. The number of carbonyl (C=O) groups excluding carboxylic acids is 1. The molecule has 2 aliphatic heterocycles. The summed E-state index contributed by atoms with van der Waals surface area (Å²) in [5, 5.41) is 3.01. The number of urea groups is 1. The molecular formula is C18H27N3O2. The molecule has 0 spiro atoms. The minimum Gasteiger partial charge on any atom is -0.373 e. The van der Waals surface area contributed by atoms with E-state index < -0.39 is 0 Å². The zero-order valence-electron chi connectivity index (χ0n) is 14.1. The van der Waals surface area contributed by atoms with Crippen LogP contribution in [0, 0.1) is 0 Å². The van der Waals surface area contributed by atoms with Crippen LogP contribution < -0.4 is 5.32 Å². The third-order valence-corrected chi connectivity index (χ3v) is 4.63. The molecular weight excluding hydrogens is 290 g/mol. The number of hydrogen-bond donors (Lipinski definition) is 1. The van der Waals surface area contributed by atoms with E-state index in [0.717, 1.165) is 44.7 Å². The van der Waals surface area contributed by atoms with E-state index in [-0.39, 0.29) is 18.2 Å². The van der Waals surface area contributed by atoms with Gasteiger partial charge < -0.3 is 15.0 Å². The maximum atomic E-state index is 12.6. The number of amides is 2. The summed E-state index contributed by atoms with van der Waals surface area (Å²) >= 11 is 0. The van der Waals surface area contributed by atoms with Crippen LogP contribution in [0.3, 0.4) is 0 Å². The van der Waals surface area contributed by atoms with E-state index in [1.807, 2.05) is 35.2 Å². The van der Waals surface area contributed by atoms with Crippen LogP contribution in [0.5, 0.6) is 0 Å². The molecule has 3 rings (SSSR count). The van der Waals surface area contributed by atoms with Crippen LogP contribution in [0.4, 0.5) is 10.5 Å². The molecule has 1 aromatic carbocycles. The number of likely N-dealkylation sites (tertiary alicyclic amines) is 1. The van der Waals surface area contributed by atoms with Gasteiger partial charge in [0, 0.05) is 37.9 Å². The predicted molar refractivity (Wildman–Crippen MR) is 91.6 cm³/mol. The second-order valence-electron chi connectivity index (χ2n) is 6.76. The molecule has 0 radical (unpaired) electrons. The lowest BCUT2D eigenvalue weighted by atomic mass is 10.1. The first kappa shape index (κ1) is 16.3. The van der Waals surface area contributed by atoms with Crippen molar-refractivity contribution in [3.05, 3.63) is 30.3 Å². The van der Waals surface area contributed by atoms with Crippen LogP contribution in [-0.2, 0) is 4.74 Å². The molecule has 0 aliphatic carbocycles. The molecule has 5 nitrogen and oxygen atoms in total. The topological polar surface area (TPSA) is 44.8 Å². The summed E-state index contributed by atoms with van der Waals surface area (Å²) in [5.41, 5.74) is 0.858. The summed E-state index contributed by atoms with van der Waals surface area (Å²) in [6.45, 7) is 7.94. The molecule has 2 aliphatic rings. The van der Waals surface area contributed by atoms with Crippen molar-refractivity contribution >= 4 is 11.7 Å². The molecule has 5 heteroatoms. The molecule has 126 valence electrons. The van der Waals surface area contributed by atoms with E-state index >= 15 is 0 Å². The Labute approximate surface area is 138 Å². The van der Waals surface area contributed by atoms with Crippen molar-refractivity contribution in [2.24, 2.45) is 0 Å². The Morgan fingerprint density at radius 2 is 1.91 bits per heavy atom. The van der Waals surface area contributed by atoms with E-state index in [4.69, 9.17) is 4.74 Å². The van der Waals surface area contributed by atoms with Gasteiger partial charge in [-0.1, -0.05) is 18.2 Å². The summed E-state index contributed by atoms with van der Waals surface area (Å²) in [4.78, 5) is 17.0. The lowest BCUT2D eigenvalue weighted by Crippen LogP contribution is -2.51. The highest BCUT2D eigenvalue weighted by molar-refractivity contribution is 5.89. The van der Waals surface area contributed by atoms with Gasteiger partial charge in [-0.2, -0.15) is 0 Å². The van der Waals surface area contributed by atoms with Gasteiger partial charge in [-0.3, -0.25) is 4.90 Å². The SMILES string of the molecule is CC1CN(CC2CCCN2C(=O)Nc2ccccc2)CC(C)O1. The van der Waals surface area contributed by atoms with E-state index in [1.165, 1.54) is 0 Å². The number of anilines is 1. The van der Waals surface area contributed by atoms with Crippen LogP contribution in [-0.4, -0.2) is 60.3 Å². The smallest absolute Gasteiger partial charge is 0.322 e. The van der Waals surface area contributed by atoms with Gasteiger partial charge in [0.15, 0.2) is 0 Å². The second-order valence-corrected chi connectivity index (χ2v) is 6.76. The van der Waals surface area contributed by atoms with Crippen molar-refractivity contribution in [2.45, 2.75) is 44.9 Å². The molecule has 1 N–H and O–H groups in total. The largest absolute Gasteiger partial charge is 0.373 e. The zero-order chi connectivity index (χ0) is 16.2. The number of benzene rings is 1. The number of nitrogens with zero attached hydrogens (tertiary/aromatic N) is 2. The minimum absolute atomic E-state index is 0.0213. The van der Waals surface area contributed by atoms with Crippen molar-refractivity contribution in [3.8, 4) is 0 Å². The molecule has 1 aromatic rings. The van der Waals surface area contributed by atoms with Crippen molar-refractivity contribution in [2.75, 3.05) is 31.5 Å². The zero-order valence-corrected chi connectivity index (χ0v) is 14.1. The van der Waals surface area contributed by atoms with Crippen molar-refractivity contribution in [1.29, 1.82) is 0 Å². The molecule has 0 aromatic heterocycles. The number of para-hydroxylation sites is 1. The van der Waals surface area contributed by atoms with Gasteiger partial charge in [0.05, 0.1) is 12.2 Å². The van der Waals surface area contributed by atoms with Gasteiger partial charge in [-0.25, -0.2) is 4.79 Å². The molecule has 23 heavy (non-hydrogen) atoms. The Balaban J connectivity index is 1.58. The summed E-state index contributed by atoms with van der Waals surface area (Å²) < 4.78 is 5.80. The first-order chi connectivity index (χ1) is 11.1. The average Bonchev–Trinajstić information content (AvgIpc) is 2.95. The number of morpholine rings is 1. The predicted octanol–water partition coefficient (Wildman–Crippen LogP) is 2.79. The summed E-state index contributed by atoms with van der Waals surface area (Å²) in [6.07, 6.45) is 2.71. The van der Waals surface area contributed by atoms with Crippen molar-refractivity contribution in [3.63, 3.8) is 0 Å². The molecule has 0 saturated carbocycles. The van der Waals surface area contributed by atoms with Gasteiger partial charge in [0.2, 0.25) is 0 Å². The van der Waals surface area contributed by atoms with Crippen molar-refractivity contribution < 1.29 is 9.53 Å². The van der Waals surface area contributed by atoms with E-state index in [1.54, 1.807) is 0 Å². The van der Waals surface area contributed by atoms with Crippen molar-refractivity contribution in [1.82, 2.24) is 9.80 Å². The van der Waals surface area contributed by atoms with Crippen LogP contribution >= 0.6 is 0 Å². The van der Waals surface area contributed by atoms with Crippen LogP contribution in [0.2, 0.25) is 0 Å². The highest BCUT2D eigenvalue weighted by Crippen LogP contribution is 2.21. The maximum absolute atomic E-state index is 12.6. The van der Waals surface area contributed by atoms with E-state index in [9.17, 15) is 4.79 Å². The van der Waals surface area contributed by atoms with Crippen LogP contribution in [0.25, 0.3) is 0 Å². The lowest BCUT2D eigenvalue weighted by Gasteiger charge is -2.38. The molecule has 2 heterocycles. The Morgan fingerprint density at radius 3 is 2.61 bits per heavy atom. The number of carbonyl (C=O) groups is 1. The summed E-state index contributed by atoms with van der Waals surface area (Å²) in [6, 6.07) is 10.0. The fraction of sp³-hybridized carbons (Fsp3) is 0.611. The molecule has 2 fully saturated rings. The standard InChI is InChI=1S/C18H27N3O2/c1-14-11-20(12-15(2)23-14)13-17-9-6-10-21(17)18(22)19-16-7-4-3-5-8-16/h3-5,7-8,14-15,17H,6,9-13H2,1-2H3,(H,19,22). The fourth-order valence-corrected chi connectivity index (χ4v) is 3.74. The number of nitrogens with one attached hydrogen (secondary N) is 1. The maximum Gasteiger partial charge on any atom is 0.322 e. The van der Waals surface area contributed by atoms with Gasteiger partial charge >= 0.3 is 6.03 Å². The Kier molecular flexibility index (Phi) is 5.18. The van der Waals surface area contributed by atoms with Gasteiger partial charge in [-0.05, 0) is 38.8 Å². The van der Waals surface area contributed by atoms with E-state index in [2.05, 4.69) is 24.1 Å². The molecule has 0 bridgehead atoms. The third kappa shape index (κ3) is 4.24. The minimum atomic E-state index is 0.0213. The highest BCUT2D eigenvalue weighted by atomic mass is 16.5. The molecule has 3 atom stereocenters. The molecule has 3 unspecified atom stereocenters. The third-order valence-electron chi connectivity index (χ3n) is 4.63. The monoisotopic (exact) mass is 317 g/mol. The number of hydrogen-bond acceptors (Lipinski definition) is 3. The fourth-order valence-electron chi connectivity index (χ4n) is 3.74. The van der Waals surface area contributed by atoms with Crippen LogP contribution in [0.1, 0.15) is 26.7 Å². The summed E-state index contributed by atoms with van der Waals surface area (Å²) in [5.74, 6) is 0. The lowest BCUT2D eigenvalue weighted by molar-refractivity contribution is -0.0712. The first-order valence-electron chi connectivity index (χ1n) is 8.62. The van der Waals surface area contributed by atoms with Gasteiger partial charge in [0.25, 0.3) is 0 Å². The average molecular weight is 317 g/mol. The summed E-state index contributed by atoms with van der Waals surface area (Å²) in [7, 11) is 0.